The molecule has 1 N–H and O–H groups in total. The van der Waals surface area contributed by atoms with Crippen LogP contribution >= 0.6 is 0 Å². The number of carbonyl (C=O) groups excluding carboxylic acids is 2. The maximum Gasteiger partial charge on any atom is 0.243 e. The molecule has 3 aromatic carbocycles. The molecule has 4 rings (SSSR count). The van der Waals surface area contributed by atoms with Gasteiger partial charge in [0.15, 0.2) is 11.5 Å². The molecule has 0 bridgehead atoms. The fourth-order valence-corrected chi connectivity index (χ4v) is 5.94. The highest BCUT2D eigenvalue weighted by atomic mass is 32.2. The highest BCUT2D eigenvalue weighted by Gasteiger charge is 2.32. The van der Waals surface area contributed by atoms with Gasteiger partial charge < -0.3 is 19.7 Å². The number of halogens is 1. The van der Waals surface area contributed by atoms with E-state index in [9.17, 15) is 22.4 Å². The number of fused-ring (bicyclic) bond motifs is 1. The number of nitrogens with one attached hydrogen (secondary N) is 1. The quantitative estimate of drug-likeness (QED) is 0.313. The minimum atomic E-state index is -3.69. The number of ether oxygens (including phenoxy) is 2. The minimum absolute atomic E-state index is 0.0220. The third-order valence-electron chi connectivity index (χ3n) is 7.00. The summed E-state index contributed by atoms with van der Waals surface area (Å²) in [6.07, 6.45) is 1.55. The Bertz CT molecular complexity index is 1540. The van der Waals surface area contributed by atoms with E-state index in [-0.39, 0.29) is 44.2 Å². The Labute approximate surface area is 259 Å². The van der Waals surface area contributed by atoms with Crippen LogP contribution in [0.3, 0.4) is 0 Å². The molecule has 0 aromatic heterocycles. The van der Waals surface area contributed by atoms with Crippen molar-refractivity contribution in [3.05, 3.63) is 89.7 Å². The highest BCUT2D eigenvalue weighted by molar-refractivity contribution is 7.92. The van der Waals surface area contributed by atoms with Gasteiger partial charge in [0.2, 0.25) is 21.8 Å². The van der Waals surface area contributed by atoms with Crippen LogP contribution in [0.4, 0.5) is 10.1 Å². The van der Waals surface area contributed by atoms with Gasteiger partial charge in [0.05, 0.1) is 11.9 Å². The third kappa shape index (κ3) is 9.19. The summed E-state index contributed by atoms with van der Waals surface area (Å²) in [5, 5.41) is 3.01. The van der Waals surface area contributed by atoms with E-state index in [0.29, 0.717) is 36.0 Å². The first-order valence-electron chi connectivity index (χ1n) is 14.6. The normalized spacial score (nSPS) is 13.6. The molecule has 1 aliphatic heterocycles. The van der Waals surface area contributed by atoms with Crippen LogP contribution in [0.2, 0.25) is 0 Å². The summed E-state index contributed by atoms with van der Waals surface area (Å²) in [5.41, 5.74) is 1.39. The molecule has 0 radical (unpaired) electrons. The summed E-state index contributed by atoms with van der Waals surface area (Å²) in [4.78, 5) is 29.1. The van der Waals surface area contributed by atoms with Gasteiger partial charge >= 0.3 is 0 Å². The second kappa shape index (κ2) is 14.1. The van der Waals surface area contributed by atoms with Gasteiger partial charge in [-0.05, 0) is 62.6 Å². The molecule has 1 heterocycles. The molecule has 236 valence electrons. The predicted molar refractivity (Wildman–Crippen MR) is 168 cm³/mol. The van der Waals surface area contributed by atoms with Crippen LogP contribution in [-0.4, -0.2) is 62.7 Å². The molecule has 0 saturated heterocycles. The zero-order valence-corrected chi connectivity index (χ0v) is 26.4. The number of hydrogen-bond donors (Lipinski definition) is 1. The number of amides is 2. The summed E-state index contributed by atoms with van der Waals surface area (Å²) in [7, 11) is -3.69. The van der Waals surface area contributed by atoms with Crippen molar-refractivity contribution in [3.8, 4) is 11.5 Å². The number of anilines is 1. The van der Waals surface area contributed by atoms with Crippen molar-refractivity contribution in [2.45, 2.75) is 58.2 Å². The van der Waals surface area contributed by atoms with E-state index in [4.69, 9.17) is 9.47 Å². The molecule has 3 aromatic rings. The maximum atomic E-state index is 13.9. The molecular formula is C33H40FN3O6S. The molecule has 1 aliphatic rings. The highest BCUT2D eigenvalue weighted by Crippen LogP contribution is 2.35. The van der Waals surface area contributed by atoms with E-state index in [1.54, 1.807) is 30.3 Å². The molecule has 0 aliphatic carbocycles. The van der Waals surface area contributed by atoms with Crippen molar-refractivity contribution in [1.82, 2.24) is 10.2 Å². The Morgan fingerprint density at radius 3 is 2.23 bits per heavy atom. The summed E-state index contributed by atoms with van der Waals surface area (Å²) in [5.74, 6) is -0.0469. The lowest BCUT2D eigenvalue weighted by Crippen LogP contribution is -2.54. The summed E-state index contributed by atoms with van der Waals surface area (Å²) < 4.78 is 51.7. The Morgan fingerprint density at radius 1 is 0.932 bits per heavy atom. The van der Waals surface area contributed by atoms with Crippen LogP contribution in [0.5, 0.6) is 11.5 Å². The molecule has 9 nitrogen and oxygen atoms in total. The molecule has 1 atom stereocenters. The van der Waals surface area contributed by atoms with Crippen molar-refractivity contribution < 1.29 is 31.9 Å². The van der Waals surface area contributed by atoms with Crippen LogP contribution in [0, 0.1) is 5.82 Å². The molecule has 0 unspecified atom stereocenters. The average molecular weight is 626 g/mol. The van der Waals surface area contributed by atoms with Crippen LogP contribution in [0.25, 0.3) is 0 Å². The summed E-state index contributed by atoms with van der Waals surface area (Å²) >= 11 is 0. The van der Waals surface area contributed by atoms with Gasteiger partial charge in [-0.25, -0.2) is 12.8 Å². The zero-order valence-electron chi connectivity index (χ0n) is 25.6. The molecular weight excluding hydrogens is 585 g/mol. The number of carbonyl (C=O) groups is 2. The number of benzene rings is 3. The monoisotopic (exact) mass is 625 g/mol. The van der Waals surface area contributed by atoms with Crippen molar-refractivity contribution in [3.63, 3.8) is 0 Å². The third-order valence-corrected chi connectivity index (χ3v) is 8.20. The molecule has 0 saturated carbocycles. The lowest BCUT2D eigenvalue weighted by molar-refractivity contribution is -0.142. The lowest BCUT2D eigenvalue weighted by Gasteiger charge is -2.34. The smallest absolute Gasteiger partial charge is 0.243 e. The molecule has 44 heavy (non-hydrogen) atoms. The van der Waals surface area contributed by atoms with E-state index >= 15 is 0 Å². The van der Waals surface area contributed by atoms with Gasteiger partial charge in [0.25, 0.3) is 0 Å². The minimum Gasteiger partial charge on any atom is -0.486 e. The average Bonchev–Trinajstić information content (AvgIpc) is 2.96. The van der Waals surface area contributed by atoms with Gasteiger partial charge in [-0.1, -0.05) is 42.5 Å². The van der Waals surface area contributed by atoms with Gasteiger partial charge in [-0.2, -0.15) is 0 Å². The maximum absolute atomic E-state index is 13.9. The fraction of sp³-hybridized carbons (Fsp3) is 0.394. The van der Waals surface area contributed by atoms with Crippen molar-refractivity contribution in [2.75, 3.05) is 30.3 Å². The van der Waals surface area contributed by atoms with Crippen LogP contribution in [-0.2, 0) is 32.6 Å². The van der Waals surface area contributed by atoms with Crippen LogP contribution < -0.4 is 19.1 Å². The Hall–Kier alpha value is -4.12. The summed E-state index contributed by atoms with van der Waals surface area (Å²) in [6.45, 7) is 6.49. The Morgan fingerprint density at radius 2 is 1.59 bits per heavy atom. The van der Waals surface area contributed by atoms with Crippen molar-refractivity contribution in [1.29, 1.82) is 0 Å². The van der Waals surface area contributed by atoms with Crippen molar-refractivity contribution in [2.24, 2.45) is 0 Å². The van der Waals surface area contributed by atoms with E-state index in [0.717, 1.165) is 11.8 Å². The largest absolute Gasteiger partial charge is 0.486 e. The van der Waals surface area contributed by atoms with Crippen LogP contribution in [0.1, 0.15) is 44.7 Å². The first-order valence-corrected chi connectivity index (χ1v) is 16.4. The first-order chi connectivity index (χ1) is 20.8. The van der Waals surface area contributed by atoms with E-state index in [1.165, 1.54) is 21.3 Å². The number of rotatable bonds is 12. The Kier molecular flexibility index (Phi) is 10.5. The number of hydrogen-bond acceptors (Lipinski definition) is 6. The molecule has 11 heteroatoms. The number of nitrogens with zero attached hydrogens (tertiary/aromatic N) is 2. The summed E-state index contributed by atoms with van der Waals surface area (Å²) in [6, 6.07) is 19.3. The second-order valence-corrected chi connectivity index (χ2v) is 13.8. The molecule has 0 fully saturated rings. The van der Waals surface area contributed by atoms with E-state index in [2.05, 4.69) is 5.32 Å². The predicted octanol–water partition coefficient (Wildman–Crippen LogP) is 4.70. The van der Waals surface area contributed by atoms with Gasteiger partial charge in [-0.3, -0.25) is 13.9 Å². The van der Waals surface area contributed by atoms with Gasteiger partial charge in [0.1, 0.15) is 25.1 Å². The SMILES string of the molecule is CC(C)(C)NC(=O)[C@@H](Cc1ccccc1)N(Cc1ccc(F)cc1)C(=O)CCCN(c1ccc2c(c1)OCCO2)S(C)(=O)=O. The van der Waals surface area contributed by atoms with Gasteiger partial charge in [-0.15, -0.1) is 0 Å². The fourth-order valence-electron chi connectivity index (χ4n) is 4.98. The van der Waals surface area contributed by atoms with Gasteiger partial charge in [0, 0.05) is 37.5 Å². The standard InChI is InChI=1S/C33H40FN3O6S/c1-33(2,3)35-32(39)28(21-24-9-6-5-7-10-24)36(23-25-12-14-26(34)15-13-25)31(38)11-8-18-37(44(4,40)41)27-16-17-29-30(22-27)43-20-19-42-29/h5-7,9-10,12-17,22,28H,8,11,18-21,23H2,1-4H3,(H,35,39)/t28-/m1/s1. The topological polar surface area (TPSA) is 105 Å². The first kappa shape index (κ1) is 32.8. The van der Waals surface area contributed by atoms with E-state index < -0.39 is 27.4 Å². The van der Waals surface area contributed by atoms with Crippen LogP contribution in [0.15, 0.2) is 72.8 Å². The number of sulfonamides is 1. The van der Waals surface area contributed by atoms with E-state index in [1.807, 2.05) is 51.1 Å². The Balaban J connectivity index is 1.58. The second-order valence-electron chi connectivity index (χ2n) is 11.9. The van der Waals surface area contributed by atoms with Crippen molar-refractivity contribution >= 4 is 27.5 Å². The molecule has 2 amide bonds. The zero-order chi connectivity index (χ0) is 31.9. The lowest BCUT2D eigenvalue weighted by atomic mass is 10.00. The molecule has 0 spiro atoms.